The van der Waals surface area contributed by atoms with Crippen LogP contribution in [0, 0.1) is 18.3 Å². The zero-order chi connectivity index (χ0) is 22.5. The highest BCUT2D eigenvalue weighted by Gasteiger charge is 2.20. The van der Waals surface area contributed by atoms with Gasteiger partial charge in [-0.1, -0.05) is 55.8 Å². The third-order valence-electron chi connectivity index (χ3n) is 5.86. The second kappa shape index (κ2) is 9.76. The van der Waals surface area contributed by atoms with Crippen LogP contribution in [0.25, 0.3) is 28.0 Å². The highest BCUT2D eigenvalue weighted by molar-refractivity contribution is 5.84. The van der Waals surface area contributed by atoms with Gasteiger partial charge in [0, 0.05) is 23.2 Å². The van der Waals surface area contributed by atoms with Crippen LogP contribution in [0.15, 0.2) is 60.9 Å². The van der Waals surface area contributed by atoms with Gasteiger partial charge in [-0.2, -0.15) is 10.4 Å². The second-order valence-corrected chi connectivity index (χ2v) is 7.97. The van der Waals surface area contributed by atoms with E-state index in [0.29, 0.717) is 5.56 Å². The molecule has 0 radical (unpaired) electrons. The van der Waals surface area contributed by atoms with Gasteiger partial charge in [-0.25, -0.2) is 9.50 Å². The van der Waals surface area contributed by atoms with Crippen molar-refractivity contribution in [2.75, 3.05) is 13.1 Å². The Bertz CT molecular complexity index is 1220. The number of nitriles is 1. The Morgan fingerprint density at radius 2 is 1.59 bits per heavy atom. The predicted molar refractivity (Wildman–Crippen MR) is 129 cm³/mol. The molecule has 0 bridgehead atoms. The average molecular weight is 424 g/mol. The van der Waals surface area contributed by atoms with Crippen LogP contribution in [-0.4, -0.2) is 32.6 Å². The summed E-state index contributed by atoms with van der Waals surface area (Å²) >= 11 is 0. The van der Waals surface area contributed by atoms with Crippen molar-refractivity contribution in [1.82, 2.24) is 19.5 Å². The van der Waals surface area contributed by atoms with Crippen LogP contribution in [-0.2, 0) is 6.54 Å². The van der Waals surface area contributed by atoms with Gasteiger partial charge >= 0.3 is 0 Å². The minimum atomic E-state index is 0.662. The Balaban J connectivity index is 0.00000119. The number of fused-ring (bicyclic) bond motifs is 1. The van der Waals surface area contributed by atoms with Crippen LogP contribution < -0.4 is 0 Å². The molecule has 0 amide bonds. The lowest BCUT2D eigenvalue weighted by Crippen LogP contribution is -2.19. The van der Waals surface area contributed by atoms with E-state index >= 15 is 0 Å². The van der Waals surface area contributed by atoms with Crippen molar-refractivity contribution in [1.29, 1.82) is 5.26 Å². The summed E-state index contributed by atoms with van der Waals surface area (Å²) in [6.07, 6.45) is 4.16. The van der Waals surface area contributed by atoms with Crippen LogP contribution >= 0.6 is 0 Å². The molecule has 1 fully saturated rings. The Morgan fingerprint density at radius 1 is 0.938 bits per heavy atom. The maximum absolute atomic E-state index is 9.20. The molecule has 32 heavy (non-hydrogen) atoms. The summed E-state index contributed by atoms with van der Waals surface area (Å²) in [4.78, 5) is 7.09. The first-order valence-corrected chi connectivity index (χ1v) is 11.4. The van der Waals surface area contributed by atoms with Gasteiger partial charge in [0.15, 0.2) is 5.65 Å². The van der Waals surface area contributed by atoms with Crippen molar-refractivity contribution in [3.05, 3.63) is 77.6 Å². The Kier molecular flexibility index (Phi) is 6.63. The number of aromatic nitrogens is 3. The van der Waals surface area contributed by atoms with Crippen molar-refractivity contribution in [3.8, 4) is 28.5 Å². The third-order valence-corrected chi connectivity index (χ3v) is 5.86. The Hall–Kier alpha value is -3.49. The molecule has 1 saturated heterocycles. The van der Waals surface area contributed by atoms with Crippen LogP contribution in [0.4, 0.5) is 0 Å². The van der Waals surface area contributed by atoms with Crippen molar-refractivity contribution in [2.45, 2.75) is 40.2 Å². The molecule has 0 N–H and O–H groups in total. The molecule has 5 rings (SSSR count). The molecular formula is C27H29N5. The summed E-state index contributed by atoms with van der Waals surface area (Å²) in [5, 5.41) is 13.8. The van der Waals surface area contributed by atoms with Crippen LogP contribution in [0.5, 0.6) is 0 Å². The van der Waals surface area contributed by atoms with Gasteiger partial charge in [-0.05, 0) is 56.6 Å². The molecule has 3 heterocycles. The standard InChI is InChI=1S/C25H23N5.C2H6/c1-18-4-8-21(9-5-18)24-23(20-10-6-19(15-26)7-11-20)14-22(16-29-12-2-3-13-29)25-27-17-28-30(24)25;1-2/h4-11,14,17H,2-3,12-13,16H2,1H3;1-2H3. The molecule has 1 aliphatic rings. The van der Waals surface area contributed by atoms with E-state index in [1.807, 2.05) is 42.6 Å². The molecule has 0 unspecified atom stereocenters. The molecule has 0 saturated carbocycles. The van der Waals surface area contributed by atoms with E-state index in [0.717, 1.165) is 47.7 Å². The molecule has 0 spiro atoms. The summed E-state index contributed by atoms with van der Waals surface area (Å²) in [6.45, 7) is 9.23. The van der Waals surface area contributed by atoms with Gasteiger partial charge in [-0.3, -0.25) is 4.90 Å². The van der Waals surface area contributed by atoms with Crippen molar-refractivity contribution in [3.63, 3.8) is 0 Å². The van der Waals surface area contributed by atoms with E-state index in [9.17, 15) is 5.26 Å². The third kappa shape index (κ3) is 4.28. The summed E-state index contributed by atoms with van der Waals surface area (Å²) in [7, 11) is 0. The van der Waals surface area contributed by atoms with E-state index in [-0.39, 0.29) is 0 Å². The first-order chi connectivity index (χ1) is 15.7. The van der Waals surface area contributed by atoms with Crippen LogP contribution in [0.1, 0.15) is 43.4 Å². The zero-order valence-electron chi connectivity index (χ0n) is 19.0. The normalized spacial score (nSPS) is 13.6. The molecule has 1 aliphatic heterocycles. The van der Waals surface area contributed by atoms with E-state index < -0.39 is 0 Å². The summed E-state index contributed by atoms with van der Waals surface area (Å²) in [5.74, 6) is 0. The number of hydrogen-bond acceptors (Lipinski definition) is 4. The van der Waals surface area contributed by atoms with Crippen molar-refractivity contribution < 1.29 is 0 Å². The number of nitrogens with zero attached hydrogens (tertiary/aromatic N) is 5. The van der Waals surface area contributed by atoms with Crippen molar-refractivity contribution in [2.24, 2.45) is 0 Å². The summed E-state index contributed by atoms with van der Waals surface area (Å²) in [6, 6.07) is 20.8. The largest absolute Gasteiger partial charge is 0.299 e. The van der Waals surface area contributed by atoms with Gasteiger partial charge in [0.2, 0.25) is 0 Å². The van der Waals surface area contributed by atoms with Gasteiger partial charge in [-0.15, -0.1) is 0 Å². The number of likely N-dealkylation sites (tertiary alicyclic amines) is 1. The quantitative estimate of drug-likeness (QED) is 0.412. The first kappa shape index (κ1) is 21.7. The van der Waals surface area contributed by atoms with E-state index in [4.69, 9.17) is 0 Å². The molecule has 0 atom stereocenters. The number of pyridine rings is 1. The molecule has 5 nitrogen and oxygen atoms in total. The zero-order valence-corrected chi connectivity index (χ0v) is 19.0. The minimum absolute atomic E-state index is 0.662. The number of hydrogen-bond donors (Lipinski definition) is 0. The van der Waals surface area contributed by atoms with Gasteiger partial charge in [0.05, 0.1) is 17.3 Å². The van der Waals surface area contributed by atoms with Gasteiger partial charge in [0.25, 0.3) is 0 Å². The van der Waals surface area contributed by atoms with E-state index in [2.05, 4.69) is 58.3 Å². The molecule has 2 aromatic heterocycles. The fourth-order valence-corrected chi connectivity index (χ4v) is 4.28. The summed E-state index contributed by atoms with van der Waals surface area (Å²) in [5.41, 5.74) is 8.29. The Labute approximate surface area is 190 Å². The topological polar surface area (TPSA) is 57.2 Å². The molecule has 0 aliphatic carbocycles. The van der Waals surface area contributed by atoms with Gasteiger partial charge in [0.1, 0.15) is 6.33 Å². The molecule has 162 valence electrons. The molecular weight excluding hydrogens is 394 g/mol. The van der Waals surface area contributed by atoms with Crippen LogP contribution in [0.2, 0.25) is 0 Å². The van der Waals surface area contributed by atoms with Crippen molar-refractivity contribution >= 4 is 5.65 Å². The van der Waals surface area contributed by atoms with Crippen LogP contribution in [0.3, 0.4) is 0 Å². The smallest absolute Gasteiger partial charge is 0.160 e. The molecule has 5 heteroatoms. The Morgan fingerprint density at radius 3 is 2.25 bits per heavy atom. The fraction of sp³-hybridized carbons (Fsp3) is 0.296. The highest BCUT2D eigenvalue weighted by atomic mass is 15.3. The maximum Gasteiger partial charge on any atom is 0.160 e. The first-order valence-electron chi connectivity index (χ1n) is 11.4. The molecule has 2 aromatic carbocycles. The lowest BCUT2D eigenvalue weighted by atomic mass is 9.96. The minimum Gasteiger partial charge on any atom is -0.299 e. The average Bonchev–Trinajstić information content (AvgIpc) is 3.53. The number of benzene rings is 2. The SMILES string of the molecule is CC.Cc1ccc(-c2c(-c3ccc(C#N)cc3)cc(CN3CCCC3)c3ncnn23)cc1. The highest BCUT2D eigenvalue weighted by Crippen LogP contribution is 2.35. The number of rotatable bonds is 4. The molecule has 4 aromatic rings. The van der Waals surface area contributed by atoms with E-state index in [1.165, 1.54) is 24.0 Å². The monoisotopic (exact) mass is 423 g/mol. The number of aryl methyl sites for hydroxylation is 1. The summed E-state index contributed by atoms with van der Waals surface area (Å²) < 4.78 is 1.98. The second-order valence-electron chi connectivity index (χ2n) is 7.97. The maximum atomic E-state index is 9.20. The van der Waals surface area contributed by atoms with Gasteiger partial charge < -0.3 is 0 Å². The lowest BCUT2D eigenvalue weighted by molar-refractivity contribution is 0.332. The predicted octanol–water partition coefficient (Wildman–Crippen LogP) is 5.87. The lowest BCUT2D eigenvalue weighted by Gasteiger charge is -2.19. The fourth-order valence-electron chi connectivity index (χ4n) is 4.28. The van der Waals surface area contributed by atoms with E-state index in [1.54, 1.807) is 6.33 Å².